The fourth-order valence-corrected chi connectivity index (χ4v) is 2.31. The minimum atomic E-state index is -0.522. The fourth-order valence-electron chi connectivity index (χ4n) is 2.07. The first-order valence-corrected chi connectivity index (χ1v) is 7.42. The van der Waals surface area contributed by atoms with E-state index in [-0.39, 0.29) is 29.7 Å². The summed E-state index contributed by atoms with van der Waals surface area (Å²) < 4.78 is 13.9. The average Bonchev–Trinajstić information content (AvgIpc) is 2.48. The van der Waals surface area contributed by atoms with E-state index < -0.39 is 6.03 Å². The molecule has 3 amide bonds. The Labute approximate surface area is 129 Å². The van der Waals surface area contributed by atoms with Crippen molar-refractivity contribution in [3.05, 3.63) is 28.0 Å². The second-order valence-corrected chi connectivity index (χ2v) is 4.79. The molecule has 0 bridgehead atoms. The van der Waals surface area contributed by atoms with Crippen LogP contribution in [0, 0.1) is 12.7 Å². The number of hydrogen-bond acceptors (Lipinski definition) is 2. The summed E-state index contributed by atoms with van der Waals surface area (Å²) >= 11 is 6.12. The molecule has 6 heteroatoms. The van der Waals surface area contributed by atoms with Crippen LogP contribution in [0.4, 0.5) is 14.9 Å². The predicted octanol–water partition coefficient (Wildman–Crippen LogP) is 3.82. The van der Waals surface area contributed by atoms with Gasteiger partial charge in [0.05, 0.1) is 10.7 Å². The Kier molecular flexibility index (Phi) is 6.15. The van der Waals surface area contributed by atoms with E-state index >= 15 is 0 Å². The molecule has 1 N–H and O–H groups in total. The number of imide groups is 1. The number of carbonyl (C=O) groups excluding carboxylic acids is 2. The van der Waals surface area contributed by atoms with Crippen molar-refractivity contribution in [3.8, 4) is 0 Å². The molecule has 1 aliphatic heterocycles. The molecule has 1 fully saturated rings. The lowest BCUT2D eigenvalue weighted by Crippen LogP contribution is -2.49. The summed E-state index contributed by atoms with van der Waals surface area (Å²) in [6, 6.07) is 1.05. The van der Waals surface area contributed by atoms with Crippen LogP contribution in [0.3, 0.4) is 0 Å². The zero-order valence-electron chi connectivity index (χ0n) is 12.7. The van der Waals surface area contributed by atoms with Crippen LogP contribution in [-0.4, -0.2) is 18.5 Å². The van der Waals surface area contributed by atoms with E-state index in [4.69, 9.17) is 11.6 Å². The highest BCUT2D eigenvalue weighted by Crippen LogP contribution is 2.34. The fraction of sp³-hybridized carbons (Fsp3) is 0.467. The topological polar surface area (TPSA) is 49.4 Å². The molecule has 2 rings (SSSR count). The van der Waals surface area contributed by atoms with Crippen molar-refractivity contribution in [2.24, 2.45) is 0 Å². The molecule has 0 unspecified atom stereocenters. The number of anilines is 1. The Morgan fingerprint density at radius 3 is 2.52 bits per heavy atom. The van der Waals surface area contributed by atoms with E-state index in [2.05, 4.69) is 5.32 Å². The summed E-state index contributed by atoms with van der Waals surface area (Å²) in [5, 5.41) is 2.43. The number of halogens is 2. The van der Waals surface area contributed by atoms with Crippen molar-refractivity contribution in [2.45, 2.75) is 40.5 Å². The van der Waals surface area contributed by atoms with E-state index in [1.165, 1.54) is 4.90 Å². The van der Waals surface area contributed by atoms with Crippen molar-refractivity contribution >= 4 is 29.2 Å². The molecule has 0 aromatic heterocycles. The van der Waals surface area contributed by atoms with Gasteiger partial charge in [-0.15, -0.1) is 0 Å². The molecule has 21 heavy (non-hydrogen) atoms. The van der Waals surface area contributed by atoms with Crippen LogP contribution >= 0.6 is 11.6 Å². The summed E-state index contributed by atoms with van der Waals surface area (Å²) in [6.45, 7) is 7.65. The molecule has 0 spiro atoms. The quantitative estimate of drug-likeness (QED) is 0.902. The number of aryl methyl sites for hydroxylation is 1. The van der Waals surface area contributed by atoms with Crippen molar-refractivity contribution < 1.29 is 14.0 Å². The minimum absolute atomic E-state index is 0.208. The molecule has 1 aromatic rings. The predicted molar refractivity (Wildman–Crippen MR) is 82.4 cm³/mol. The van der Waals surface area contributed by atoms with Gasteiger partial charge in [-0.25, -0.2) is 9.18 Å². The van der Waals surface area contributed by atoms with Crippen molar-refractivity contribution in [2.75, 3.05) is 11.4 Å². The number of amides is 3. The van der Waals surface area contributed by atoms with Gasteiger partial charge in [0.15, 0.2) is 0 Å². The molecule has 0 aliphatic carbocycles. The Bertz CT molecular complexity index is 561. The second kappa shape index (κ2) is 7.41. The summed E-state index contributed by atoms with van der Waals surface area (Å²) in [4.78, 5) is 24.3. The molecule has 1 saturated heterocycles. The third-order valence-electron chi connectivity index (χ3n) is 3.20. The number of urea groups is 1. The SMILES string of the molecule is CC.CCc1cc(N2CCC(=O)NC2=O)c(Cl)c(C)c1F. The van der Waals surface area contributed by atoms with Gasteiger partial charge in [-0.05, 0) is 25.0 Å². The highest BCUT2D eigenvalue weighted by Gasteiger charge is 2.27. The largest absolute Gasteiger partial charge is 0.328 e. The molecular weight excluding hydrogens is 295 g/mol. The van der Waals surface area contributed by atoms with Gasteiger partial charge in [-0.3, -0.25) is 15.0 Å². The minimum Gasteiger partial charge on any atom is -0.292 e. The molecule has 0 radical (unpaired) electrons. The van der Waals surface area contributed by atoms with Crippen molar-refractivity contribution in [1.29, 1.82) is 0 Å². The van der Waals surface area contributed by atoms with E-state index in [0.29, 0.717) is 23.2 Å². The molecule has 0 atom stereocenters. The molecule has 1 aromatic carbocycles. The van der Waals surface area contributed by atoms with Gasteiger partial charge in [0.25, 0.3) is 0 Å². The van der Waals surface area contributed by atoms with Crippen LogP contribution in [0.15, 0.2) is 6.07 Å². The van der Waals surface area contributed by atoms with E-state index in [1.54, 1.807) is 13.0 Å². The van der Waals surface area contributed by atoms with Crippen LogP contribution < -0.4 is 10.2 Å². The normalized spacial score (nSPS) is 14.5. The third kappa shape index (κ3) is 3.53. The number of hydrogen-bond donors (Lipinski definition) is 1. The molecular formula is C15H20ClFN2O2. The van der Waals surface area contributed by atoms with Gasteiger partial charge < -0.3 is 0 Å². The van der Waals surface area contributed by atoms with Crippen molar-refractivity contribution in [3.63, 3.8) is 0 Å². The third-order valence-corrected chi connectivity index (χ3v) is 3.68. The van der Waals surface area contributed by atoms with E-state index in [1.807, 2.05) is 20.8 Å². The highest BCUT2D eigenvalue weighted by atomic mass is 35.5. The van der Waals surface area contributed by atoms with E-state index in [0.717, 1.165) is 0 Å². The number of benzene rings is 1. The van der Waals surface area contributed by atoms with E-state index in [9.17, 15) is 14.0 Å². The standard InChI is InChI=1S/C13H14ClFN2O2.C2H6/c1-3-8-6-9(11(14)7(2)12(8)15)17-5-4-10(18)16-13(17)19;1-2/h6H,3-5H2,1-2H3,(H,16,18,19);1-2H3. The molecule has 0 saturated carbocycles. The maximum absolute atomic E-state index is 13.9. The van der Waals surface area contributed by atoms with Gasteiger partial charge in [0.2, 0.25) is 5.91 Å². The second-order valence-electron chi connectivity index (χ2n) is 4.42. The lowest BCUT2D eigenvalue weighted by Gasteiger charge is -2.28. The van der Waals surface area contributed by atoms with Crippen LogP contribution in [0.2, 0.25) is 5.02 Å². The molecule has 4 nitrogen and oxygen atoms in total. The number of nitrogens with one attached hydrogen (secondary N) is 1. The Morgan fingerprint density at radius 2 is 2.00 bits per heavy atom. The lowest BCUT2D eigenvalue weighted by molar-refractivity contribution is -0.120. The van der Waals surface area contributed by atoms with Gasteiger partial charge >= 0.3 is 6.03 Å². The first-order chi connectivity index (χ1) is 9.95. The number of nitrogens with zero attached hydrogens (tertiary/aromatic N) is 1. The van der Waals surface area contributed by atoms with Gasteiger partial charge in [0.1, 0.15) is 5.82 Å². The Morgan fingerprint density at radius 1 is 1.38 bits per heavy atom. The lowest BCUT2D eigenvalue weighted by atomic mass is 10.1. The summed E-state index contributed by atoms with van der Waals surface area (Å²) in [7, 11) is 0. The average molecular weight is 315 g/mol. The van der Waals surface area contributed by atoms with Crippen molar-refractivity contribution in [1.82, 2.24) is 5.32 Å². The van der Waals surface area contributed by atoms with Crippen LogP contribution in [0.1, 0.15) is 38.3 Å². The summed E-state index contributed by atoms with van der Waals surface area (Å²) in [5.41, 5.74) is 1.27. The molecule has 116 valence electrons. The molecule has 1 heterocycles. The Hall–Kier alpha value is -1.62. The summed E-state index contributed by atoms with van der Waals surface area (Å²) in [6.07, 6.45) is 0.713. The zero-order chi connectivity index (χ0) is 16.2. The van der Waals surface area contributed by atoms with Crippen LogP contribution in [0.25, 0.3) is 0 Å². The van der Waals surface area contributed by atoms with Gasteiger partial charge in [-0.2, -0.15) is 0 Å². The number of rotatable bonds is 2. The Balaban J connectivity index is 0.00000106. The highest BCUT2D eigenvalue weighted by molar-refractivity contribution is 6.34. The maximum Gasteiger partial charge on any atom is 0.328 e. The monoisotopic (exact) mass is 314 g/mol. The van der Waals surface area contributed by atoms with Crippen LogP contribution in [0.5, 0.6) is 0 Å². The first-order valence-electron chi connectivity index (χ1n) is 7.04. The zero-order valence-corrected chi connectivity index (χ0v) is 13.5. The van der Waals surface area contributed by atoms with Crippen LogP contribution in [-0.2, 0) is 11.2 Å². The smallest absolute Gasteiger partial charge is 0.292 e. The maximum atomic E-state index is 13.9. The summed E-state index contributed by atoms with van der Waals surface area (Å²) in [5.74, 6) is -0.656. The number of carbonyl (C=O) groups is 2. The van der Waals surface area contributed by atoms with Gasteiger partial charge in [0, 0.05) is 18.5 Å². The first kappa shape index (κ1) is 17.4. The van der Waals surface area contributed by atoms with Gasteiger partial charge in [-0.1, -0.05) is 32.4 Å². The molecule has 1 aliphatic rings.